The average molecular weight is 422 g/mol. The van der Waals surface area contributed by atoms with Crippen molar-refractivity contribution in [2.24, 2.45) is 0 Å². The Hall–Kier alpha value is -1.32. The Balaban J connectivity index is 1.90. The molecule has 1 saturated heterocycles. The van der Waals surface area contributed by atoms with Crippen molar-refractivity contribution in [3.63, 3.8) is 0 Å². The van der Waals surface area contributed by atoms with E-state index in [2.05, 4.69) is 19.1 Å². The van der Waals surface area contributed by atoms with Gasteiger partial charge in [0.15, 0.2) is 6.10 Å². The van der Waals surface area contributed by atoms with Crippen LogP contribution in [0, 0.1) is 0 Å². The first-order chi connectivity index (χ1) is 14.6. The fraction of sp³-hybridized carbons (Fsp3) is 0.846. The number of hydrogen-bond acceptors (Lipinski definition) is 3. The number of unbranched alkanes of at least 4 members (excludes halogenated alkanes) is 11. The van der Waals surface area contributed by atoms with E-state index in [4.69, 9.17) is 4.74 Å². The van der Waals surface area contributed by atoms with E-state index in [0.717, 1.165) is 38.8 Å². The number of carbonyl (C=O) groups excluding carboxylic acids is 2. The number of amides is 1. The van der Waals surface area contributed by atoms with Gasteiger partial charge in [0.2, 0.25) is 0 Å². The topological polar surface area (TPSA) is 46.6 Å². The van der Waals surface area contributed by atoms with Crippen LogP contribution < -0.4 is 0 Å². The first kappa shape index (κ1) is 26.7. The van der Waals surface area contributed by atoms with Crippen LogP contribution in [0.15, 0.2) is 12.2 Å². The second kappa shape index (κ2) is 18.4. The average Bonchev–Trinajstić information content (AvgIpc) is 2.76. The normalized spacial score (nSPS) is 15.5. The zero-order valence-electron chi connectivity index (χ0n) is 19.8. The van der Waals surface area contributed by atoms with Gasteiger partial charge in [-0.15, -0.1) is 0 Å². The van der Waals surface area contributed by atoms with Crippen molar-refractivity contribution in [2.75, 3.05) is 13.1 Å². The summed E-state index contributed by atoms with van der Waals surface area (Å²) >= 11 is 0. The van der Waals surface area contributed by atoms with Crippen LogP contribution in [-0.4, -0.2) is 36.0 Å². The second-order valence-electron chi connectivity index (χ2n) is 8.85. The molecule has 4 nitrogen and oxygen atoms in total. The van der Waals surface area contributed by atoms with Crippen LogP contribution in [0.5, 0.6) is 0 Å². The van der Waals surface area contributed by atoms with Crippen molar-refractivity contribution in [3.05, 3.63) is 12.2 Å². The molecule has 0 aliphatic carbocycles. The molecule has 0 bridgehead atoms. The Labute approximate surface area is 185 Å². The van der Waals surface area contributed by atoms with Gasteiger partial charge in [0.1, 0.15) is 0 Å². The molecule has 0 aromatic carbocycles. The molecule has 1 heterocycles. The van der Waals surface area contributed by atoms with Crippen molar-refractivity contribution in [3.8, 4) is 0 Å². The fourth-order valence-electron chi connectivity index (χ4n) is 4.02. The van der Waals surface area contributed by atoms with Crippen LogP contribution in [0.25, 0.3) is 0 Å². The number of hydrogen-bond donors (Lipinski definition) is 0. The molecule has 1 aliphatic rings. The van der Waals surface area contributed by atoms with E-state index in [-0.39, 0.29) is 11.9 Å². The maximum atomic E-state index is 12.3. The fourth-order valence-corrected chi connectivity index (χ4v) is 4.02. The third-order valence-corrected chi connectivity index (χ3v) is 5.97. The quantitative estimate of drug-likeness (QED) is 0.145. The number of esters is 1. The van der Waals surface area contributed by atoms with Crippen LogP contribution in [-0.2, 0) is 14.3 Å². The molecular weight excluding hydrogens is 374 g/mol. The largest absolute Gasteiger partial charge is 0.453 e. The van der Waals surface area contributed by atoms with Gasteiger partial charge in [-0.1, -0.05) is 70.4 Å². The van der Waals surface area contributed by atoms with Gasteiger partial charge in [-0.25, -0.2) is 0 Å². The maximum absolute atomic E-state index is 12.3. The molecule has 4 heteroatoms. The number of allylic oxidation sites excluding steroid dienone is 2. The molecule has 0 aromatic heterocycles. The van der Waals surface area contributed by atoms with Gasteiger partial charge in [-0.05, 0) is 58.3 Å². The summed E-state index contributed by atoms with van der Waals surface area (Å²) in [5.74, 6) is -0.266. The smallest absolute Gasteiger partial charge is 0.306 e. The molecule has 1 amide bonds. The van der Waals surface area contributed by atoms with Gasteiger partial charge < -0.3 is 9.64 Å². The summed E-state index contributed by atoms with van der Waals surface area (Å²) in [5, 5.41) is 0. The second-order valence-corrected chi connectivity index (χ2v) is 8.85. The lowest BCUT2D eigenvalue weighted by Crippen LogP contribution is -2.42. The number of piperidine rings is 1. The Bertz CT molecular complexity index is 469. The number of carbonyl (C=O) groups is 2. The molecule has 1 rings (SSSR count). The van der Waals surface area contributed by atoms with Crippen molar-refractivity contribution >= 4 is 11.9 Å². The number of rotatable bonds is 17. The van der Waals surface area contributed by atoms with Crippen molar-refractivity contribution in [1.29, 1.82) is 0 Å². The third-order valence-electron chi connectivity index (χ3n) is 5.97. The van der Waals surface area contributed by atoms with Gasteiger partial charge >= 0.3 is 5.97 Å². The van der Waals surface area contributed by atoms with Crippen LogP contribution in [0.2, 0.25) is 0 Å². The first-order valence-electron chi connectivity index (χ1n) is 12.8. The van der Waals surface area contributed by atoms with E-state index >= 15 is 0 Å². The molecule has 30 heavy (non-hydrogen) atoms. The van der Waals surface area contributed by atoms with Gasteiger partial charge in [0.05, 0.1) is 0 Å². The molecule has 1 atom stereocenters. The predicted molar refractivity (Wildman–Crippen MR) is 125 cm³/mol. The van der Waals surface area contributed by atoms with E-state index in [1.54, 1.807) is 6.92 Å². The molecule has 1 unspecified atom stereocenters. The van der Waals surface area contributed by atoms with Crippen LogP contribution in [0.3, 0.4) is 0 Å². The molecule has 0 radical (unpaired) electrons. The van der Waals surface area contributed by atoms with Crippen molar-refractivity contribution in [2.45, 2.75) is 129 Å². The van der Waals surface area contributed by atoms with Gasteiger partial charge in [0.25, 0.3) is 5.91 Å². The summed E-state index contributed by atoms with van der Waals surface area (Å²) in [4.78, 5) is 26.1. The van der Waals surface area contributed by atoms with E-state index < -0.39 is 6.10 Å². The van der Waals surface area contributed by atoms with E-state index in [1.165, 1.54) is 77.0 Å². The molecule has 0 aromatic rings. The Morgan fingerprint density at radius 2 is 1.33 bits per heavy atom. The molecule has 1 aliphatic heterocycles. The van der Waals surface area contributed by atoms with E-state index in [1.807, 2.05) is 4.90 Å². The molecular formula is C26H47NO3. The van der Waals surface area contributed by atoms with E-state index in [9.17, 15) is 9.59 Å². The molecule has 0 N–H and O–H groups in total. The lowest BCUT2D eigenvalue weighted by Gasteiger charge is -2.28. The highest BCUT2D eigenvalue weighted by Crippen LogP contribution is 2.13. The van der Waals surface area contributed by atoms with Crippen LogP contribution in [0.4, 0.5) is 0 Å². The molecule has 0 saturated carbocycles. The minimum Gasteiger partial charge on any atom is -0.453 e. The Kier molecular flexibility index (Phi) is 16.4. The minimum atomic E-state index is -0.640. The molecule has 174 valence electrons. The summed E-state index contributed by atoms with van der Waals surface area (Å²) in [6.45, 7) is 5.57. The SMILES string of the molecule is CCCCCCCCC=CCCCCCCCC(=O)OC(C)C(=O)N1CCCCC1. The van der Waals surface area contributed by atoms with Crippen LogP contribution >= 0.6 is 0 Å². The summed E-state index contributed by atoms with van der Waals surface area (Å²) in [7, 11) is 0. The standard InChI is InChI=1S/C26H47NO3/c1-3-4-5-6-7-8-9-10-11-12-13-14-15-16-18-21-25(28)30-24(2)26(29)27-22-19-17-20-23-27/h10-11,24H,3-9,12-23H2,1-2H3. The zero-order valence-corrected chi connectivity index (χ0v) is 19.8. The highest BCUT2D eigenvalue weighted by molar-refractivity contribution is 5.83. The summed E-state index contributed by atoms with van der Waals surface area (Å²) in [5.41, 5.74) is 0. The van der Waals surface area contributed by atoms with Crippen molar-refractivity contribution in [1.82, 2.24) is 4.90 Å². The van der Waals surface area contributed by atoms with E-state index in [0.29, 0.717) is 6.42 Å². The summed E-state index contributed by atoms with van der Waals surface area (Å²) < 4.78 is 5.35. The Morgan fingerprint density at radius 1 is 0.800 bits per heavy atom. The lowest BCUT2D eigenvalue weighted by atomic mass is 10.1. The maximum Gasteiger partial charge on any atom is 0.306 e. The highest BCUT2D eigenvalue weighted by Gasteiger charge is 2.24. The predicted octanol–water partition coefficient (Wildman–Crippen LogP) is 6.97. The minimum absolute atomic E-state index is 0.0346. The highest BCUT2D eigenvalue weighted by atomic mass is 16.5. The summed E-state index contributed by atoms with van der Waals surface area (Å²) in [6.07, 6.45) is 23.9. The van der Waals surface area contributed by atoms with Gasteiger partial charge in [-0.2, -0.15) is 0 Å². The monoisotopic (exact) mass is 421 g/mol. The molecule has 0 spiro atoms. The van der Waals surface area contributed by atoms with Gasteiger partial charge in [0, 0.05) is 19.5 Å². The van der Waals surface area contributed by atoms with Gasteiger partial charge in [-0.3, -0.25) is 9.59 Å². The first-order valence-corrected chi connectivity index (χ1v) is 12.8. The number of nitrogens with zero attached hydrogens (tertiary/aromatic N) is 1. The summed E-state index contributed by atoms with van der Waals surface area (Å²) in [6, 6.07) is 0. The van der Waals surface area contributed by atoms with Crippen molar-refractivity contribution < 1.29 is 14.3 Å². The Morgan fingerprint density at radius 3 is 1.93 bits per heavy atom. The number of likely N-dealkylation sites (tertiary alicyclic amines) is 1. The molecule has 1 fully saturated rings. The third kappa shape index (κ3) is 13.8. The zero-order chi connectivity index (χ0) is 21.9. The van der Waals surface area contributed by atoms with Crippen LogP contribution in [0.1, 0.15) is 123 Å². The lowest BCUT2D eigenvalue weighted by molar-refractivity contribution is -0.159. The number of ether oxygens (including phenoxy) is 1.